The molecular formula is C15H30N2O2. The molecule has 19 heavy (non-hydrogen) atoms. The first-order valence-corrected chi connectivity index (χ1v) is 7.39. The van der Waals surface area contributed by atoms with Gasteiger partial charge in [-0.1, -0.05) is 20.8 Å². The van der Waals surface area contributed by atoms with E-state index in [2.05, 4.69) is 31.4 Å². The van der Waals surface area contributed by atoms with Crippen LogP contribution in [0.25, 0.3) is 0 Å². The maximum absolute atomic E-state index is 10.8. The van der Waals surface area contributed by atoms with Gasteiger partial charge in [-0.3, -0.25) is 4.79 Å². The number of carbonyl (C=O) groups excluding carboxylic acids is 1. The van der Waals surface area contributed by atoms with Crippen molar-refractivity contribution in [2.75, 3.05) is 19.7 Å². The van der Waals surface area contributed by atoms with Gasteiger partial charge in [0.25, 0.3) is 0 Å². The zero-order valence-corrected chi connectivity index (χ0v) is 12.9. The lowest BCUT2D eigenvalue weighted by atomic mass is 9.64. The van der Waals surface area contributed by atoms with E-state index in [-0.39, 0.29) is 23.5 Å². The van der Waals surface area contributed by atoms with Gasteiger partial charge in [0.05, 0.1) is 6.61 Å². The van der Waals surface area contributed by atoms with Crippen LogP contribution in [-0.2, 0) is 4.79 Å². The number of carbonyl (C=O) groups is 1. The molecule has 4 nitrogen and oxygen atoms in total. The molecule has 0 radical (unpaired) electrons. The molecule has 1 aliphatic rings. The highest BCUT2D eigenvalue weighted by Crippen LogP contribution is 2.43. The van der Waals surface area contributed by atoms with Crippen molar-refractivity contribution in [1.82, 2.24) is 10.6 Å². The Morgan fingerprint density at radius 3 is 2.53 bits per heavy atom. The van der Waals surface area contributed by atoms with Crippen molar-refractivity contribution in [3.05, 3.63) is 0 Å². The molecule has 1 rings (SSSR count). The lowest BCUT2D eigenvalue weighted by Crippen LogP contribution is -2.55. The van der Waals surface area contributed by atoms with Gasteiger partial charge in [0.15, 0.2) is 0 Å². The Kier molecular flexibility index (Phi) is 5.81. The highest BCUT2D eigenvalue weighted by atomic mass is 16.3. The van der Waals surface area contributed by atoms with Crippen LogP contribution in [0.2, 0.25) is 0 Å². The van der Waals surface area contributed by atoms with E-state index in [0.717, 1.165) is 25.8 Å². The number of hydrogen-bond acceptors (Lipinski definition) is 3. The molecule has 1 aliphatic carbocycles. The minimum atomic E-state index is -0.141. The minimum Gasteiger partial charge on any atom is -0.394 e. The fourth-order valence-corrected chi connectivity index (χ4v) is 3.76. The lowest BCUT2D eigenvalue weighted by Gasteiger charge is -2.47. The van der Waals surface area contributed by atoms with Crippen LogP contribution in [-0.4, -0.2) is 36.2 Å². The van der Waals surface area contributed by atoms with E-state index in [1.54, 1.807) is 0 Å². The molecule has 0 aromatic rings. The predicted octanol–water partition coefficient (Wildman–Crippen LogP) is 1.68. The van der Waals surface area contributed by atoms with E-state index in [4.69, 9.17) is 0 Å². The lowest BCUT2D eigenvalue weighted by molar-refractivity contribution is -0.118. The van der Waals surface area contributed by atoms with Crippen molar-refractivity contribution in [1.29, 1.82) is 0 Å². The van der Waals surface area contributed by atoms with E-state index in [9.17, 15) is 9.90 Å². The standard InChI is InChI=1S/C15H30N2O2/c1-12-8-14(3,4)10-15(9-12,11-18)17-7-5-6-16-13(2)19/h12,17-18H,5-11H2,1-4H3,(H,16,19). The van der Waals surface area contributed by atoms with Crippen LogP contribution in [0, 0.1) is 11.3 Å². The average Bonchev–Trinajstić information content (AvgIpc) is 2.25. The van der Waals surface area contributed by atoms with Gasteiger partial charge >= 0.3 is 0 Å². The Hall–Kier alpha value is -0.610. The molecule has 3 N–H and O–H groups in total. The summed E-state index contributed by atoms with van der Waals surface area (Å²) in [6, 6.07) is 0. The summed E-state index contributed by atoms with van der Waals surface area (Å²) in [5.74, 6) is 0.656. The maximum Gasteiger partial charge on any atom is 0.216 e. The van der Waals surface area contributed by atoms with E-state index in [1.807, 2.05) is 0 Å². The third kappa shape index (κ3) is 5.49. The fraction of sp³-hybridized carbons (Fsp3) is 0.933. The zero-order chi connectivity index (χ0) is 14.5. The van der Waals surface area contributed by atoms with Crippen LogP contribution in [0.15, 0.2) is 0 Å². The normalized spacial score (nSPS) is 30.1. The Balaban J connectivity index is 2.44. The van der Waals surface area contributed by atoms with Crippen molar-refractivity contribution in [2.24, 2.45) is 11.3 Å². The molecule has 2 unspecified atom stereocenters. The molecule has 0 spiro atoms. The summed E-state index contributed by atoms with van der Waals surface area (Å²) < 4.78 is 0. The molecule has 1 fully saturated rings. The quantitative estimate of drug-likeness (QED) is 0.644. The zero-order valence-electron chi connectivity index (χ0n) is 12.9. The Morgan fingerprint density at radius 2 is 2.00 bits per heavy atom. The van der Waals surface area contributed by atoms with Gasteiger partial charge in [0.1, 0.15) is 0 Å². The molecule has 1 saturated carbocycles. The van der Waals surface area contributed by atoms with Crippen molar-refractivity contribution >= 4 is 5.91 Å². The summed E-state index contributed by atoms with van der Waals surface area (Å²) in [6.45, 7) is 10.1. The molecule has 0 aliphatic heterocycles. The van der Waals surface area contributed by atoms with Crippen molar-refractivity contribution in [2.45, 2.75) is 58.9 Å². The van der Waals surface area contributed by atoms with E-state index >= 15 is 0 Å². The van der Waals surface area contributed by atoms with Gasteiger partial charge < -0.3 is 15.7 Å². The Labute approximate surface area is 117 Å². The summed E-state index contributed by atoms with van der Waals surface area (Å²) in [6.07, 6.45) is 4.17. The number of aliphatic hydroxyl groups is 1. The van der Waals surface area contributed by atoms with Gasteiger partial charge in [-0.25, -0.2) is 0 Å². The monoisotopic (exact) mass is 270 g/mol. The Bertz CT molecular complexity index is 305. The van der Waals surface area contributed by atoms with Crippen LogP contribution in [0.1, 0.15) is 53.4 Å². The number of aliphatic hydroxyl groups excluding tert-OH is 1. The number of hydrogen-bond donors (Lipinski definition) is 3. The van der Waals surface area contributed by atoms with Crippen molar-refractivity contribution < 1.29 is 9.90 Å². The molecule has 1 amide bonds. The summed E-state index contributed by atoms with van der Waals surface area (Å²) >= 11 is 0. The SMILES string of the molecule is CC(=O)NCCCNC1(CO)CC(C)CC(C)(C)C1. The first kappa shape index (κ1) is 16.4. The van der Waals surface area contributed by atoms with E-state index in [0.29, 0.717) is 12.5 Å². The molecule has 0 aromatic heterocycles. The average molecular weight is 270 g/mol. The third-order valence-electron chi connectivity index (χ3n) is 3.99. The largest absolute Gasteiger partial charge is 0.394 e. The number of rotatable bonds is 6. The molecule has 0 heterocycles. The Morgan fingerprint density at radius 1 is 1.32 bits per heavy atom. The number of nitrogens with one attached hydrogen (secondary N) is 2. The topological polar surface area (TPSA) is 61.4 Å². The second-order valence-corrected chi connectivity index (χ2v) is 7.06. The second kappa shape index (κ2) is 6.71. The highest BCUT2D eigenvalue weighted by molar-refractivity contribution is 5.72. The van der Waals surface area contributed by atoms with Crippen LogP contribution in [0.3, 0.4) is 0 Å². The molecular weight excluding hydrogens is 240 g/mol. The van der Waals surface area contributed by atoms with Gasteiger partial charge in [0, 0.05) is 19.0 Å². The van der Waals surface area contributed by atoms with Crippen LogP contribution in [0.4, 0.5) is 0 Å². The molecule has 0 aromatic carbocycles. The summed E-state index contributed by atoms with van der Waals surface area (Å²) in [5.41, 5.74) is 0.141. The van der Waals surface area contributed by atoms with Crippen molar-refractivity contribution in [3.8, 4) is 0 Å². The number of amides is 1. The second-order valence-electron chi connectivity index (χ2n) is 7.06. The van der Waals surface area contributed by atoms with Gasteiger partial charge in [0.2, 0.25) is 5.91 Å². The van der Waals surface area contributed by atoms with Crippen molar-refractivity contribution in [3.63, 3.8) is 0 Å². The molecule has 4 heteroatoms. The van der Waals surface area contributed by atoms with Gasteiger partial charge in [-0.05, 0) is 43.6 Å². The van der Waals surface area contributed by atoms with Crippen LogP contribution < -0.4 is 10.6 Å². The minimum absolute atomic E-state index is 0.0179. The summed E-state index contributed by atoms with van der Waals surface area (Å²) in [7, 11) is 0. The molecule has 0 saturated heterocycles. The highest BCUT2D eigenvalue weighted by Gasteiger charge is 2.41. The van der Waals surface area contributed by atoms with Crippen LogP contribution in [0.5, 0.6) is 0 Å². The first-order valence-electron chi connectivity index (χ1n) is 7.39. The maximum atomic E-state index is 10.8. The molecule has 2 atom stereocenters. The van der Waals surface area contributed by atoms with Gasteiger partial charge in [-0.2, -0.15) is 0 Å². The first-order chi connectivity index (χ1) is 8.79. The summed E-state index contributed by atoms with van der Waals surface area (Å²) in [5, 5.41) is 16.1. The summed E-state index contributed by atoms with van der Waals surface area (Å²) in [4.78, 5) is 10.8. The van der Waals surface area contributed by atoms with Crippen LogP contribution >= 0.6 is 0 Å². The fourth-order valence-electron chi connectivity index (χ4n) is 3.76. The predicted molar refractivity (Wildman–Crippen MR) is 77.9 cm³/mol. The van der Waals surface area contributed by atoms with Gasteiger partial charge in [-0.15, -0.1) is 0 Å². The smallest absolute Gasteiger partial charge is 0.216 e. The molecule has 112 valence electrons. The third-order valence-corrected chi connectivity index (χ3v) is 3.99. The molecule has 0 bridgehead atoms. The van der Waals surface area contributed by atoms with E-state index in [1.165, 1.54) is 13.3 Å². The van der Waals surface area contributed by atoms with E-state index < -0.39 is 0 Å².